The van der Waals surface area contributed by atoms with Gasteiger partial charge in [-0.1, -0.05) is 60.7 Å². The van der Waals surface area contributed by atoms with E-state index in [9.17, 15) is 0 Å². The summed E-state index contributed by atoms with van der Waals surface area (Å²) in [5.41, 5.74) is 6.61. The van der Waals surface area contributed by atoms with Crippen molar-refractivity contribution in [3.05, 3.63) is 83.9 Å². The van der Waals surface area contributed by atoms with E-state index in [4.69, 9.17) is 9.73 Å². The van der Waals surface area contributed by atoms with Crippen LogP contribution in [0, 0.1) is 6.92 Å². The minimum absolute atomic E-state index is 0.515. The third kappa shape index (κ3) is 2.76. The van der Waals surface area contributed by atoms with E-state index < -0.39 is 0 Å². The van der Waals surface area contributed by atoms with E-state index in [0.29, 0.717) is 6.61 Å². The first-order valence-electron chi connectivity index (χ1n) is 7.76. The molecule has 0 aromatic heterocycles. The van der Waals surface area contributed by atoms with Gasteiger partial charge in [0.15, 0.2) is 0 Å². The largest absolute Gasteiger partial charge is 0.485 e. The van der Waals surface area contributed by atoms with Crippen molar-refractivity contribution in [1.82, 2.24) is 0 Å². The van der Waals surface area contributed by atoms with Gasteiger partial charge in [0, 0.05) is 0 Å². The first-order valence-corrected chi connectivity index (χ1v) is 7.76. The van der Waals surface area contributed by atoms with Crippen molar-refractivity contribution in [3.8, 4) is 16.9 Å². The average molecular weight is 299 g/mol. The lowest BCUT2D eigenvalue weighted by Crippen LogP contribution is -2.16. The molecule has 1 heterocycles. The lowest BCUT2D eigenvalue weighted by atomic mass is 10.0. The molecule has 2 nitrogen and oxygen atoms in total. The van der Waals surface area contributed by atoms with Crippen molar-refractivity contribution < 1.29 is 4.74 Å². The Balaban J connectivity index is 1.65. The first kappa shape index (κ1) is 13.8. The molecule has 0 bridgehead atoms. The molecule has 0 aliphatic carbocycles. The molecular formula is C21H17NO. The fourth-order valence-electron chi connectivity index (χ4n) is 2.79. The molecular weight excluding hydrogens is 282 g/mol. The second-order valence-corrected chi connectivity index (χ2v) is 5.76. The number of fused-ring (bicyclic) bond motifs is 1. The number of hydrogen-bond donors (Lipinski definition) is 0. The molecule has 3 aromatic carbocycles. The van der Waals surface area contributed by atoms with Crippen LogP contribution < -0.4 is 4.74 Å². The van der Waals surface area contributed by atoms with Crippen molar-refractivity contribution in [2.75, 3.05) is 6.61 Å². The van der Waals surface area contributed by atoms with Gasteiger partial charge in [0.2, 0.25) is 0 Å². The molecule has 0 amide bonds. The van der Waals surface area contributed by atoms with Crippen LogP contribution in [0.15, 0.2) is 77.8 Å². The SMILES string of the molecule is Cc1ccc2c(c1)OCC(c1ccc(-c3ccccc3)cc1)=N2. The Labute approximate surface area is 136 Å². The number of aliphatic imine (C=N–C) groups is 1. The Bertz CT molecular complexity index is 864. The lowest BCUT2D eigenvalue weighted by Gasteiger charge is -2.17. The third-order valence-electron chi connectivity index (χ3n) is 4.06. The van der Waals surface area contributed by atoms with E-state index >= 15 is 0 Å². The molecule has 0 N–H and O–H groups in total. The maximum absolute atomic E-state index is 5.86. The van der Waals surface area contributed by atoms with Gasteiger partial charge in [-0.2, -0.15) is 0 Å². The average Bonchev–Trinajstić information content (AvgIpc) is 2.62. The summed E-state index contributed by atoms with van der Waals surface area (Å²) < 4.78 is 5.86. The molecule has 1 aliphatic heterocycles. The van der Waals surface area contributed by atoms with Crippen molar-refractivity contribution >= 4 is 11.4 Å². The highest BCUT2D eigenvalue weighted by atomic mass is 16.5. The van der Waals surface area contributed by atoms with E-state index in [2.05, 4.69) is 61.5 Å². The van der Waals surface area contributed by atoms with Gasteiger partial charge in [-0.3, -0.25) is 0 Å². The smallest absolute Gasteiger partial charge is 0.145 e. The van der Waals surface area contributed by atoms with Gasteiger partial charge < -0.3 is 4.74 Å². The number of ether oxygens (including phenoxy) is 1. The summed E-state index contributed by atoms with van der Waals surface area (Å²) in [6, 6.07) is 25.0. The maximum atomic E-state index is 5.86. The summed E-state index contributed by atoms with van der Waals surface area (Å²) in [4.78, 5) is 4.75. The highest BCUT2D eigenvalue weighted by Gasteiger charge is 2.14. The molecule has 0 atom stereocenters. The van der Waals surface area contributed by atoms with Crippen LogP contribution in [0.1, 0.15) is 11.1 Å². The number of rotatable bonds is 2. The van der Waals surface area contributed by atoms with Gasteiger partial charge in [-0.15, -0.1) is 0 Å². The normalized spacial score (nSPS) is 13.0. The number of benzene rings is 3. The molecule has 2 heteroatoms. The predicted molar refractivity (Wildman–Crippen MR) is 94.7 cm³/mol. The number of nitrogens with zero attached hydrogens (tertiary/aromatic N) is 1. The highest BCUT2D eigenvalue weighted by molar-refractivity contribution is 6.04. The molecule has 4 rings (SSSR count). The molecule has 0 saturated carbocycles. The van der Waals surface area contributed by atoms with Gasteiger partial charge >= 0.3 is 0 Å². The topological polar surface area (TPSA) is 21.6 Å². The Hall–Kier alpha value is -2.87. The van der Waals surface area contributed by atoms with Crippen LogP contribution >= 0.6 is 0 Å². The molecule has 3 aromatic rings. The molecule has 112 valence electrons. The number of hydrogen-bond acceptors (Lipinski definition) is 2. The first-order chi connectivity index (χ1) is 11.3. The molecule has 0 unspecified atom stereocenters. The van der Waals surface area contributed by atoms with E-state index in [1.165, 1.54) is 16.7 Å². The van der Waals surface area contributed by atoms with Crippen LogP contribution in [0.25, 0.3) is 11.1 Å². The monoisotopic (exact) mass is 299 g/mol. The summed E-state index contributed by atoms with van der Waals surface area (Å²) in [5, 5.41) is 0. The zero-order chi connectivity index (χ0) is 15.6. The van der Waals surface area contributed by atoms with Crippen LogP contribution in [0.5, 0.6) is 5.75 Å². The minimum Gasteiger partial charge on any atom is -0.485 e. The van der Waals surface area contributed by atoms with Crippen molar-refractivity contribution in [2.45, 2.75) is 6.92 Å². The van der Waals surface area contributed by atoms with Crippen LogP contribution in [0.2, 0.25) is 0 Å². The lowest BCUT2D eigenvalue weighted by molar-refractivity contribution is 0.372. The fraction of sp³-hybridized carbons (Fsp3) is 0.0952. The summed E-state index contributed by atoms with van der Waals surface area (Å²) in [6.45, 7) is 2.58. The Morgan fingerprint density at radius 3 is 2.26 bits per heavy atom. The second-order valence-electron chi connectivity index (χ2n) is 5.76. The highest BCUT2D eigenvalue weighted by Crippen LogP contribution is 2.32. The van der Waals surface area contributed by atoms with Gasteiger partial charge in [0.25, 0.3) is 0 Å². The molecule has 23 heavy (non-hydrogen) atoms. The van der Waals surface area contributed by atoms with Gasteiger partial charge in [0.05, 0.1) is 5.71 Å². The van der Waals surface area contributed by atoms with Gasteiger partial charge in [-0.05, 0) is 41.3 Å². The van der Waals surface area contributed by atoms with E-state index in [1.807, 2.05) is 18.2 Å². The molecule has 0 spiro atoms. The minimum atomic E-state index is 0.515. The zero-order valence-electron chi connectivity index (χ0n) is 13.0. The molecule has 0 saturated heterocycles. The molecule has 1 aliphatic rings. The zero-order valence-corrected chi connectivity index (χ0v) is 13.0. The fourth-order valence-corrected chi connectivity index (χ4v) is 2.79. The van der Waals surface area contributed by atoms with Crippen LogP contribution in [-0.4, -0.2) is 12.3 Å². The van der Waals surface area contributed by atoms with E-state index in [1.54, 1.807) is 0 Å². The third-order valence-corrected chi connectivity index (χ3v) is 4.06. The van der Waals surface area contributed by atoms with E-state index in [-0.39, 0.29) is 0 Å². The Kier molecular flexibility index (Phi) is 3.43. The summed E-state index contributed by atoms with van der Waals surface area (Å²) in [5.74, 6) is 0.870. The summed E-state index contributed by atoms with van der Waals surface area (Å²) >= 11 is 0. The van der Waals surface area contributed by atoms with Gasteiger partial charge in [0.1, 0.15) is 18.0 Å². The Morgan fingerprint density at radius 2 is 1.48 bits per heavy atom. The van der Waals surface area contributed by atoms with Gasteiger partial charge in [-0.25, -0.2) is 4.99 Å². The quantitative estimate of drug-likeness (QED) is 0.639. The Morgan fingerprint density at radius 1 is 0.783 bits per heavy atom. The summed E-state index contributed by atoms with van der Waals surface area (Å²) in [6.07, 6.45) is 0. The van der Waals surface area contributed by atoms with Crippen molar-refractivity contribution in [1.29, 1.82) is 0 Å². The predicted octanol–water partition coefficient (Wildman–Crippen LogP) is 5.18. The van der Waals surface area contributed by atoms with Crippen LogP contribution in [-0.2, 0) is 0 Å². The van der Waals surface area contributed by atoms with Crippen LogP contribution in [0.4, 0.5) is 5.69 Å². The number of aryl methyl sites for hydroxylation is 1. The van der Waals surface area contributed by atoms with Crippen LogP contribution in [0.3, 0.4) is 0 Å². The van der Waals surface area contributed by atoms with E-state index in [0.717, 1.165) is 22.7 Å². The van der Waals surface area contributed by atoms with Crippen molar-refractivity contribution in [3.63, 3.8) is 0 Å². The summed E-state index contributed by atoms with van der Waals surface area (Å²) in [7, 11) is 0. The maximum Gasteiger partial charge on any atom is 0.145 e. The molecule has 0 fully saturated rings. The second kappa shape index (κ2) is 5.73. The molecule has 0 radical (unpaired) electrons. The van der Waals surface area contributed by atoms with Crippen molar-refractivity contribution in [2.24, 2.45) is 4.99 Å². The standard InChI is InChI=1S/C21H17NO/c1-15-7-12-19-21(13-15)23-14-20(22-19)18-10-8-17(9-11-18)16-5-3-2-4-6-16/h2-13H,14H2,1H3.